The predicted octanol–water partition coefficient (Wildman–Crippen LogP) is 4.54. The molecule has 1 aliphatic rings. The van der Waals surface area contributed by atoms with Gasteiger partial charge in [0.1, 0.15) is 17.2 Å². The number of carbonyl (C=O) groups is 1. The SMILES string of the molecule is CC(C)Oc1ccc(S(=O)(=O)N2CCOCC2)cc1NC(=O)c1cccc(Oc2ccccc2)c1. The van der Waals surface area contributed by atoms with Crippen molar-refractivity contribution in [1.29, 1.82) is 0 Å². The number of nitrogens with one attached hydrogen (secondary N) is 1. The Labute approximate surface area is 205 Å². The molecule has 1 fully saturated rings. The van der Waals surface area contributed by atoms with Gasteiger partial charge in [-0.15, -0.1) is 0 Å². The Hall–Kier alpha value is -3.40. The lowest BCUT2D eigenvalue weighted by Gasteiger charge is -2.26. The zero-order valence-electron chi connectivity index (χ0n) is 19.6. The van der Waals surface area contributed by atoms with Crippen LogP contribution in [0.1, 0.15) is 24.2 Å². The summed E-state index contributed by atoms with van der Waals surface area (Å²) in [4.78, 5) is 13.2. The largest absolute Gasteiger partial charge is 0.489 e. The van der Waals surface area contributed by atoms with E-state index < -0.39 is 15.9 Å². The van der Waals surface area contributed by atoms with E-state index in [-0.39, 0.29) is 29.8 Å². The van der Waals surface area contributed by atoms with Crippen LogP contribution in [0.25, 0.3) is 0 Å². The molecule has 0 bridgehead atoms. The molecule has 4 rings (SSSR count). The smallest absolute Gasteiger partial charge is 0.255 e. The average Bonchev–Trinajstić information content (AvgIpc) is 2.86. The predicted molar refractivity (Wildman–Crippen MR) is 133 cm³/mol. The third-order valence-electron chi connectivity index (χ3n) is 5.24. The van der Waals surface area contributed by atoms with Crippen molar-refractivity contribution in [2.24, 2.45) is 0 Å². The summed E-state index contributed by atoms with van der Waals surface area (Å²) in [7, 11) is -3.75. The van der Waals surface area contributed by atoms with Crippen LogP contribution in [-0.4, -0.2) is 51.0 Å². The summed E-state index contributed by atoms with van der Waals surface area (Å²) in [5, 5.41) is 2.81. The highest BCUT2D eigenvalue weighted by atomic mass is 32.2. The molecule has 3 aromatic rings. The van der Waals surface area contributed by atoms with Crippen LogP contribution in [-0.2, 0) is 14.8 Å². The molecule has 0 aliphatic carbocycles. The highest BCUT2D eigenvalue weighted by Crippen LogP contribution is 2.31. The van der Waals surface area contributed by atoms with Gasteiger partial charge in [-0.05, 0) is 62.4 Å². The van der Waals surface area contributed by atoms with Crippen molar-refractivity contribution in [1.82, 2.24) is 4.31 Å². The Bertz CT molecular complexity index is 1270. The molecule has 3 aromatic carbocycles. The van der Waals surface area contributed by atoms with E-state index in [0.717, 1.165) is 0 Å². The molecule has 0 aromatic heterocycles. The fraction of sp³-hybridized carbons (Fsp3) is 0.269. The molecule has 8 nitrogen and oxygen atoms in total. The molecule has 1 saturated heterocycles. The summed E-state index contributed by atoms with van der Waals surface area (Å²) in [6.07, 6.45) is -0.171. The minimum atomic E-state index is -3.75. The first-order valence-corrected chi connectivity index (χ1v) is 12.8. The summed E-state index contributed by atoms with van der Waals surface area (Å²) >= 11 is 0. The molecule has 35 heavy (non-hydrogen) atoms. The second kappa shape index (κ2) is 10.9. The van der Waals surface area contributed by atoms with Crippen molar-refractivity contribution >= 4 is 21.6 Å². The normalized spacial score (nSPS) is 14.5. The third-order valence-corrected chi connectivity index (χ3v) is 7.14. The lowest BCUT2D eigenvalue weighted by molar-refractivity contribution is 0.0730. The molecule has 0 spiro atoms. The van der Waals surface area contributed by atoms with Crippen molar-refractivity contribution in [3.8, 4) is 17.2 Å². The number of hydrogen-bond donors (Lipinski definition) is 1. The molecule has 0 saturated carbocycles. The van der Waals surface area contributed by atoms with Crippen molar-refractivity contribution < 1.29 is 27.4 Å². The van der Waals surface area contributed by atoms with E-state index in [2.05, 4.69) is 5.32 Å². The van der Waals surface area contributed by atoms with Gasteiger partial charge in [0.2, 0.25) is 10.0 Å². The zero-order chi connectivity index (χ0) is 24.8. The molecular weight excluding hydrogens is 468 g/mol. The van der Waals surface area contributed by atoms with E-state index in [4.69, 9.17) is 14.2 Å². The van der Waals surface area contributed by atoms with Gasteiger partial charge in [-0.1, -0.05) is 24.3 Å². The molecule has 184 valence electrons. The standard InChI is InChI=1S/C26H28N2O6S/c1-19(2)33-25-12-11-23(35(30,31)28-13-15-32-16-14-28)18-24(25)27-26(29)20-7-6-10-22(17-20)34-21-8-4-3-5-9-21/h3-12,17-19H,13-16H2,1-2H3,(H,27,29). The summed E-state index contributed by atoms with van der Waals surface area (Å²) in [5.74, 6) is 1.12. The molecule has 0 atom stereocenters. The minimum absolute atomic E-state index is 0.0759. The maximum Gasteiger partial charge on any atom is 0.255 e. The van der Waals surface area contributed by atoms with Crippen LogP contribution in [0, 0.1) is 0 Å². The Kier molecular flexibility index (Phi) is 7.70. The quantitative estimate of drug-likeness (QED) is 0.492. The summed E-state index contributed by atoms with van der Waals surface area (Å²) in [6.45, 7) is 4.96. The Morgan fingerprint density at radius 2 is 1.66 bits per heavy atom. The van der Waals surface area contributed by atoms with Gasteiger partial charge < -0.3 is 19.5 Å². The van der Waals surface area contributed by atoms with E-state index in [1.54, 1.807) is 30.3 Å². The van der Waals surface area contributed by atoms with Crippen LogP contribution in [0.5, 0.6) is 17.2 Å². The molecule has 1 amide bonds. The lowest BCUT2D eigenvalue weighted by Crippen LogP contribution is -2.40. The second-order valence-electron chi connectivity index (χ2n) is 8.24. The van der Waals surface area contributed by atoms with Gasteiger partial charge in [0, 0.05) is 18.7 Å². The molecule has 1 N–H and O–H groups in total. The fourth-order valence-electron chi connectivity index (χ4n) is 3.58. The molecule has 1 aliphatic heterocycles. The van der Waals surface area contributed by atoms with E-state index in [0.29, 0.717) is 36.0 Å². The first-order chi connectivity index (χ1) is 16.8. The number of sulfonamides is 1. The van der Waals surface area contributed by atoms with Crippen LogP contribution < -0.4 is 14.8 Å². The summed E-state index contributed by atoms with van der Waals surface area (Å²) in [6, 6.07) is 20.5. The van der Waals surface area contributed by atoms with Crippen LogP contribution in [0.2, 0.25) is 0 Å². The van der Waals surface area contributed by atoms with Crippen molar-refractivity contribution in [3.63, 3.8) is 0 Å². The molecule has 0 radical (unpaired) electrons. The summed E-state index contributed by atoms with van der Waals surface area (Å²) in [5.41, 5.74) is 0.628. The fourth-order valence-corrected chi connectivity index (χ4v) is 5.01. The Morgan fingerprint density at radius 3 is 2.37 bits per heavy atom. The number of hydrogen-bond acceptors (Lipinski definition) is 6. The zero-order valence-corrected chi connectivity index (χ0v) is 20.5. The number of morpholine rings is 1. The van der Waals surface area contributed by atoms with Crippen molar-refractivity contribution in [2.45, 2.75) is 24.8 Å². The van der Waals surface area contributed by atoms with Gasteiger partial charge in [0.25, 0.3) is 5.91 Å². The number of anilines is 1. The topological polar surface area (TPSA) is 94.2 Å². The van der Waals surface area contributed by atoms with Gasteiger partial charge in [-0.25, -0.2) is 8.42 Å². The van der Waals surface area contributed by atoms with E-state index in [9.17, 15) is 13.2 Å². The monoisotopic (exact) mass is 496 g/mol. The van der Waals surface area contributed by atoms with E-state index >= 15 is 0 Å². The average molecular weight is 497 g/mol. The lowest BCUT2D eigenvalue weighted by atomic mass is 10.2. The van der Waals surface area contributed by atoms with Crippen LogP contribution in [0.15, 0.2) is 77.7 Å². The molecular formula is C26H28N2O6S. The van der Waals surface area contributed by atoms with Gasteiger partial charge in [-0.3, -0.25) is 4.79 Å². The van der Waals surface area contributed by atoms with Gasteiger partial charge in [-0.2, -0.15) is 4.31 Å². The van der Waals surface area contributed by atoms with Crippen molar-refractivity contribution in [2.75, 3.05) is 31.6 Å². The van der Waals surface area contributed by atoms with Crippen LogP contribution >= 0.6 is 0 Å². The van der Waals surface area contributed by atoms with Gasteiger partial charge in [0.15, 0.2) is 0 Å². The minimum Gasteiger partial charge on any atom is -0.489 e. The first kappa shape index (κ1) is 24.7. The van der Waals surface area contributed by atoms with Crippen molar-refractivity contribution in [3.05, 3.63) is 78.4 Å². The third kappa shape index (κ3) is 6.19. The van der Waals surface area contributed by atoms with E-state index in [1.807, 2.05) is 44.2 Å². The van der Waals surface area contributed by atoms with Gasteiger partial charge >= 0.3 is 0 Å². The maximum atomic E-state index is 13.1. The maximum absolute atomic E-state index is 13.1. The van der Waals surface area contributed by atoms with Crippen LogP contribution in [0.4, 0.5) is 5.69 Å². The first-order valence-electron chi connectivity index (χ1n) is 11.4. The molecule has 1 heterocycles. The highest BCUT2D eigenvalue weighted by Gasteiger charge is 2.27. The van der Waals surface area contributed by atoms with E-state index in [1.165, 1.54) is 16.4 Å². The molecule has 0 unspecified atom stereocenters. The number of para-hydroxylation sites is 1. The van der Waals surface area contributed by atoms with Crippen LogP contribution in [0.3, 0.4) is 0 Å². The number of amides is 1. The van der Waals surface area contributed by atoms with Gasteiger partial charge in [0.05, 0.1) is 29.9 Å². The number of carbonyl (C=O) groups excluding carboxylic acids is 1. The number of benzene rings is 3. The number of ether oxygens (including phenoxy) is 3. The Morgan fingerprint density at radius 1 is 0.943 bits per heavy atom. The molecule has 9 heteroatoms. The number of rotatable bonds is 8. The number of nitrogens with zero attached hydrogens (tertiary/aromatic N) is 1. The Balaban J connectivity index is 1.60. The summed E-state index contributed by atoms with van der Waals surface area (Å²) < 4.78 is 44.6. The second-order valence-corrected chi connectivity index (χ2v) is 10.2. The highest BCUT2D eigenvalue weighted by molar-refractivity contribution is 7.89.